The molecule has 2 bridgehead atoms. The summed E-state index contributed by atoms with van der Waals surface area (Å²) in [5.74, 6) is -1.69. The first-order valence-electron chi connectivity index (χ1n) is 7.44. The zero-order valence-corrected chi connectivity index (χ0v) is 16.3. The molecule has 0 radical (unpaired) electrons. The van der Waals surface area contributed by atoms with Crippen LogP contribution < -0.4 is 5.32 Å². The minimum Gasteiger partial charge on any atom is -0.353 e. The lowest BCUT2D eigenvalue weighted by Crippen LogP contribution is -2.59. The first kappa shape index (κ1) is 18.1. The third-order valence-electron chi connectivity index (χ3n) is 5.76. The fourth-order valence-corrected chi connectivity index (χ4v) is 7.29. The molecule has 2 saturated carbocycles. The molecule has 1 amide bonds. The fourth-order valence-electron chi connectivity index (χ4n) is 5.02. The van der Waals surface area contributed by atoms with Gasteiger partial charge in [-0.15, -0.1) is 23.2 Å². The Labute approximate surface area is 155 Å². The van der Waals surface area contributed by atoms with Crippen LogP contribution in [0, 0.1) is 17.8 Å². The smallest absolute Gasteiger partial charge is 0.217 e. The lowest BCUT2D eigenvalue weighted by Gasteiger charge is -2.43. The van der Waals surface area contributed by atoms with E-state index in [9.17, 15) is 4.79 Å². The molecule has 0 aliphatic heterocycles. The van der Waals surface area contributed by atoms with E-state index in [1.165, 1.54) is 21.1 Å². The average molecular weight is 403 g/mol. The second-order valence-electron chi connectivity index (χ2n) is 6.65. The van der Waals surface area contributed by atoms with Gasteiger partial charge in [0, 0.05) is 33.1 Å². The van der Waals surface area contributed by atoms with Crippen LogP contribution in [0.25, 0.3) is 0 Å². The summed E-state index contributed by atoms with van der Waals surface area (Å²) in [5, 5.41) is 3.51. The van der Waals surface area contributed by atoms with Crippen LogP contribution >= 0.6 is 46.4 Å². The topological polar surface area (TPSA) is 47.6 Å². The summed E-state index contributed by atoms with van der Waals surface area (Å²) in [4.78, 5) is 9.22. The minimum atomic E-state index is -1.39. The first-order chi connectivity index (χ1) is 10.6. The lowest BCUT2D eigenvalue weighted by molar-refractivity contribution is -0.222. The number of amides is 1. The molecule has 23 heavy (non-hydrogen) atoms. The van der Waals surface area contributed by atoms with Gasteiger partial charge in [-0.1, -0.05) is 30.1 Å². The highest BCUT2D eigenvalue weighted by molar-refractivity contribution is 6.52. The van der Waals surface area contributed by atoms with Crippen molar-refractivity contribution in [3.8, 4) is 0 Å². The third-order valence-corrected chi connectivity index (χ3v) is 8.44. The van der Waals surface area contributed by atoms with Crippen LogP contribution in [0.2, 0.25) is 0 Å². The van der Waals surface area contributed by atoms with Gasteiger partial charge in [-0.05, 0) is 18.3 Å². The van der Waals surface area contributed by atoms with Crippen LogP contribution in [0.5, 0.6) is 0 Å². The average Bonchev–Trinajstić information content (AvgIpc) is 2.94. The fraction of sp³-hybridized carbons (Fsp3) is 0.800. The van der Waals surface area contributed by atoms with E-state index in [4.69, 9.17) is 55.9 Å². The van der Waals surface area contributed by atoms with E-state index in [0.29, 0.717) is 0 Å². The Morgan fingerprint density at radius 1 is 1.17 bits per heavy atom. The Bertz CT molecular complexity index is 593. The largest absolute Gasteiger partial charge is 0.353 e. The van der Waals surface area contributed by atoms with Crippen molar-refractivity contribution in [1.29, 1.82) is 0 Å². The Morgan fingerprint density at radius 2 is 1.70 bits per heavy atom. The van der Waals surface area contributed by atoms with Crippen molar-refractivity contribution in [1.82, 2.24) is 5.32 Å². The van der Waals surface area contributed by atoms with E-state index in [-0.39, 0.29) is 39.8 Å². The number of nitrogens with one attached hydrogen (secondary N) is 1. The van der Waals surface area contributed by atoms with Crippen molar-refractivity contribution in [3.63, 3.8) is 0 Å². The number of alkyl halides is 2. The highest BCUT2D eigenvalue weighted by Crippen LogP contribution is 2.77. The van der Waals surface area contributed by atoms with Gasteiger partial charge in [0.1, 0.15) is 9.75 Å². The summed E-state index contributed by atoms with van der Waals surface area (Å²) in [5.41, 5.74) is 0. The minimum absolute atomic E-state index is 0.122. The number of hydrogen-bond acceptors (Lipinski definition) is 3. The van der Waals surface area contributed by atoms with Crippen LogP contribution in [-0.2, 0) is 14.3 Å². The van der Waals surface area contributed by atoms with Crippen LogP contribution in [0.1, 0.15) is 20.3 Å². The molecular weight excluding hydrogens is 384 g/mol. The first-order valence-corrected chi connectivity index (χ1v) is 8.96. The second kappa shape index (κ2) is 5.39. The third kappa shape index (κ3) is 1.76. The van der Waals surface area contributed by atoms with Crippen molar-refractivity contribution < 1.29 is 14.3 Å². The maximum absolute atomic E-state index is 11.6. The summed E-state index contributed by atoms with van der Waals surface area (Å²) in [6.07, 6.45) is 0.739. The number of carbonyl (C=O) groups excluding carboxylic acids is 1. The molecule has 1 N–H and O–H groups in total. The number of ether oxygens (including phenoxy) is 2. The Hall–Kier alpha value is 0.290. The van der Waals surface area contributed by atoms with Gasteiger partial charge >= 0.3 is 0 Å². The van der Waals surface area contributed by atoms with E-state index in [1.54, 1.807) is 0 Å². The number of rotatable bonds is 3. The van der Waals surface area contributed by atoms with Gasteiger partial charge in [0.2, 0.25) is 11.7 Å². The number of fused-ring (bicyclic) bond motifs is 5. The Morgan fingerprint density at radius 3 is 2.17 bits per heavy atom. The summed E-state index contributed by atoms with van der Waals surface area (Å²) >= 11 is 27.0. The molecule has 0 aromatic rings. The van der Waals surface area contributed by atoms with Crippen molar-refractivity contribution in [2.75, 3.05) is 14.2 Å². The number of carbonyl (C=O) groups is 1. The highest BCUT2D eigenvalue weighted by atomic mass is 35.5. The monoisotopic (exact) mass is 401 g/mol. The number of hydrogen-bond donors (Lipinski definition) is 1. The van der Waals surface area contributed by atoms with Crippen LogP contribution in [0.3, 0.4) is 0 Å². The van der Waals surface area contributed by atoms with E-state index >= 15 is 0 Å². The number of methoxy groups -OCH3 is 2. The number of halogens is 4. The van der Waals surface area contributed by atoms with Crippen LogP contribution in [0.4, 0.5) is 0 Å². The molecule has 130 valence electrons. The van der Waals surface area contributed by atoms with Gasteiger partial charge in [-0.3, -0.25) is 4.79 Å². The predicted molar refractivity (Wildman–Crippen MR) is 91.0 cm³/mol. The molecule has 4 unspecified atom stereocenters. The second-order valence-corrected chi connectivity index (χ2v) is 8.60. The van der Waals surface area contributed by atoms with Gasteiger partial charge in [-0.2, -0.15) is 0 Å². The van der Waals surface area contributed by atoms with E-state index in [0.717, 1.165) is 6.42 Å². The highest BCUT2D eigenvalue weighted by Gasteiger charge is 2.86. The Balaban J connectivity index is 2.21. The molecule has 0 aromatic carbocycles. The molecule has 6 atom stereocenters. The predicted octanol–water partition coefficient (Wildman–Crippen LogP) is 3.42. The molecular formula is C15H19Cl4NO3. The van der Waals surface area contributed by atoms with Gasteiger partial charge < -0.3 is 14.8 Å². The normalized spacial score (nSPS) is 47.1. The quantitative estimate of drug-likeness (QED) is 0.581. The van der Waals surface area contributed by atoms with Gasteiger partial charge in [0.25, 0.3) is 0 Å². The summed E-state index contributed by atoms with van der Waals surface area (Å²) in [6, 6.07) is -0.182. The molecule has 0 saturated heterocycles. The molecule has 4 nitrogen and oxygen atoms in total. The molecule has 0 aromatic heterocycles. The molecule has 0 heterocycles. The van der Waals surface area contributed by atoms with Gasteiger partial charge in [0.15, 0.2) is 0 Å². The molecule has 0 spiro atoms. The molecule has 3 aliphatic rings. The van der Waals surface area contributed by atoms with Crippen molar-refractivity contribution in [2.45, 2.75) is 41.8 Å². The molecule has 3 aliphatic carbocycles. The van der Waals surface area contributed by atoms with E-state index in [2.05, 4.69) is 12.2 Å². The van der Waals surface area contributed by atoms with Gasteiger partial charge in [0.05, 0.1) is 10.1 Å². The maximum atomic E-state index is 11.6. The summed E-state index contributed by atoms with van der Waals surface area (Å²) < 4.78 is 11.4. The van der Waals surface area contributed by atoms with Crippen LogP contribution in [0.15, 0.2) is 10.1 Å². The van der Waals surface area contributed by atoms with Crippen molar-refractivity contribution in [3.05, 3.63) is 10.1 Å². The standard InChI is InChI=1S/C15H19Cl4NO3/c1-6-5-8-9(10(6)20-7(2)21)14(19)12(17)11(16)13(8,18)15(14,22-3)23-4/h6,8-10H,5H2,1-4H3,(H,20,21)/t6-,8?,9?,10-,13?,14?/m1/s1. The summed E-state index contributed by atoms with van der Waals surface area (Å²) in [6.45, 7) is 3.54. The van der Waals surface area contributed by atoms with Crippen molar-refractivity contribution >= 4 is 52.3 Å². The Kier molecular flexibility index (Phi) is 4.24. The zero-order chi connectivity index (χ0) is 17.4. The lowest BCUT2D eigenvalue weighted by atomic mass is 9.82. The van der Waals surface area contributed by atoms with Crippen molar-refractivity contribution in [2.24, 2.45) is 17.8 Å². The summed E-state index contributed by atoms with van der Waals surface area (Å²) in [7, 11) is 2.96. The van der Waals surface area contributed by atoms with Crippen LogP contribution in [-0.4, -0.2) is 41.7 Å². The molecule has 3 rings (SSSR count). The van der Waals surface area contributed by atoms with E-state index < -0.39 is 15.5 Å². The maximum Gasteiger partial charge on any atom is 0.217 e. The van der Waals surface area contributed by atoms with Gasteiger partial charge in [-0.25, -0.2) is 0 Å². The zero-order valence-electron chi connectivity index (χ0n) is 13.3. The molecule has 8 heteroatoms. The van der Waals surface area contributed by atoms with E-state index in [1.807, 2.05) is 0 Å². The molecule has 2 fully saturated rings. The SMILES string of the molecule is COC1(OC)C2(Cl)C(Cl)=C(Cl)C1(Cl)C1C2C[C@@H](C)[C@H]1NC(C)=O.